The first kappa shape index (κ1) is 22.6. The van der Waals surface area contributed by atoms with Gasteiger partial charge in [0.2, 0.25) is 0 Å². The molecule has 30 heavy (non-hydrogen) atoms. The summed E-state index contributed by atoms with van der Waals surface area (Å²) in [6.07, 6.45) is 2.66. The van der Waals surface area contributed by atoms with Crippen LogP contribution in [-0.2, 0) is 0 Å². The first-order valence-corrected chi connectivity index (χ1v) is 10.9. The molecule has 1 fully saturated rings. The van der Waals surface area contributed by atoms with Crippen molar-refractivity contribution >= 4 is 35.0 Å². The molecular formula is C24H28Cl2N2O2. The molecule has 0 heterocycles. The SMILES string of the molecule is CC1(C)C[C@@H](NC(=O)c2ccc(Cl)cc2)C[C@](C)(CNC(=O)c2ccc(Cl)cc2)C1. The number of rotatable bonds is 5. The first-order valence-electron chi connectivity index (χ1n) is 10.2. The summed E-state index contributed by atoms with van der Waals surface area (Å²) in [5, 5.41) is 7.46. The van der Waals surface area contributed by atoms with Gasteiger partial charge in [0.15, 0.2) is 0 Å². The maximum atomic E-state index is 12.7. The van der Waals surface area contributed by atoms with Gasteiger partial charge in [-0.15, -0.1) is 0 Å². The van der Waals surface area contributed by atoms with E-state index in [0.29, 0.717) is 27.7 Å². The Morgan fingerprint density at radius 3 is 1.90 bits per heavy atom. The van der Waals surface area contributed by atoms with Crippen molar-refractivity contribution in [2.75, 3.05) is 6.54 Å². The topological polar surface area (TPSA) is 58.2 Å². The lowest BCUT2D eigenvalue weighted by molar-refractivity contribution is 0.0592. The van der Waals surface area contributed by atoms with Gasteiger partial charge in [0, 0.05) is 33.8 Å². The van der Waals surface area contributed by atoms with Crippen LogP contribution in [0.4, 0.5) is 0 Å². The standard InChI is InChI=1S/C24H28Cl2N2O2/c1-23(2)12-20(28-22(30)17-6-10-19(26)11-7-17)13-24(3,14-23)15-27-21(29)16-4-8-18(25)9-5-16/h4-11,20H,12-15H2,1-3H3,(H,27,29)(H,28,30)/t20-,24+/m1/s1. The van der Waals surface area contributed by atoms with Crippen molar-refractivity contribution in [2.24, 2.45) is 10.8 Å². The molecule has 0 unspecified atom stereocenters. The van der Waals surface area contributed by atoms with Crippen molar-refractivity contribution < 1.29 is 9.59 Å². The molecule has 0 bridgehead atoms. The third-order valence-electron chi connectivity index (χ3n) is 5.67. The highest BCUT2D eigenvalue weighted by atomic mass is 35.5. The zero-order chi connectivity index (χ0) is 21.9. The van der Waals surface area contributed by atoms with Gasteiger partial charge in [0.05, 0.1) is 0 Å². The lowest BCUT2D eigenvalue weighted by atomic mass is 9.62. The van der Waals surface area contributed by atoms with E-state index in [2.05, 4.69) is 31.4 Å². The Balaban J connectivity index is 1.65. The second-order valence-corrected chi connectivity index (χ2v) is 10.3. The number of halogens is 2. The molecule has 2 amide bonds. The third kappa shape index (κ3) is 5.99. The molecule has 6 heteroatoms. The van der Waals surface area contributed by atoms with Crippen molar-refractivity contribution in [3.63, 3.8) is 0 Å². The van der Waals surface area contributed by atoms with E-state index in [-0.39, 0.29) is 28.7 Å². The Bertz CT molecular complexity index is 910. The number of hydrogen-bond acceptors (Lipinski definition) is 2. The molecule has 0 saturated heterocycles. The Labute approximate surface area is 188 Å². The summed E-state index contributed by atoms with van der Waals surface area (Å²) in [7, 11) is 0. The zero-order valence-electron chi connectivity index (χ0n) is 17.6. The predicted octanol–water partition coefficient (Wildman–Crippen LogP) is 5.74. The molecule has 2 aromatic rings. The molecule has 0 spiro atoms. The fourth-order valence-corrected chi connectivity index (χ4v) is 4.99. The van der Waals surface area contributed by atoms with Crippen LogP contribution in [0.3, 0.4) is 0 Å². The van der Waals surface area contributed by atoms with Crippen LogP contribution in [-0.4, -0.2) is 24.4 Å². The molecule has 1 saturated carbocycles. The lowest BCUT2D eigenvalue weighted by Crippen LogP contribution is -2.50. The summed E-state index contributed by atoms with van der Waals surface area (Å²) in [5.74, 6) is -0.208. The van der Waals surface area contributed by atoms with Crippen molar-refractivity contribution in [2.45, 2.75) is 46.1 Å². The largest absolute Gasteiger partial charge is 0.351 e. The molecule has 1 aliphatic carbocycles. The summed E-state index contributed by atoms with van der Waals surface area (Å²) in [6, 6.07) is 13.8. The van der Waals surface area contributed by atoms with Crippen LogP contribution >= 0.6 is 23.2 Å². The average molecular weight is 447 g/mol. The number of benzene rings is 2. The summed E-state index contributed by atoms with van der Waals surface area (Å²) in [4.78, 5) is 25.2. The number of carbonyl (C=O) groups excluding carboxylic acids is 2. The second-order valence-electron chi connectivity index (χ2n) is 9.43. The quantitative estimate of drug-likeness (QED) is 0.614. The third-order valence-corrected chi connectivity index (χ3v) is 6.17. The van der Waals surface area contributed by atoms with Crippen molar-refractivity contribution in [1.29, 1.82) is 0 Å². The molecule has 0 aromatic heterocycles. The minimum Gasteiger partial charge on any atom is -0.351 e. The average Bonchev–Trinajstić information content (AvgIpc) is 2.65. The highest BCUT2D eigenvalue weighted by Crippen LogP contribution is 2.45. The van der Waals surface area contributed by atoms with E-state index in [9.17, 15) is 9.59 Å². The highest BCUT2D eigenvalue weighted by Gasteiger charge is 2.41. The second kappa shape index (κ2) is 8.99. The molecule has 0 radical (unpaired) electrons. The van der Waals surface area contributed by atoms with Crippen LogP contribution in [0.25, 0.3) is 0 Å². The normalized spacial score (nSPS) is 22.9. The molecule has 2 atom stereocenters. The molecular weight excluding hydrogens is 419 g/mol. The summed E-state index contributed by atoms with van der Waals surface area (Å²) in [5.41, 5.74) is 1.11. The number of amides is 2. The Morgan fingerprint density at radius 2 is 1.37 bits per heavy atom. The number of carbonyl (C=O) groups is 2. The maximum Gasteiger partial charge on any atom is 0.251 e. The van der Waals surface area contributed by atoms with Crippen LogP contribution in [0.1, 0.15) is 60.7 Å². The van der Waals surface area contributed by atoms with E-state index in [1.807, 2.05) is 0 Å². The van der Waals surface area contributed by atoms with E-state index in [1.165, 1.54) is 0 Å². The smallest absolute Gasteiger partial charge is 0.251 e. The minimum absolute atomic E-state index is 0.0364. The van der Waals surface area contributed by atoms with Gasteiger partial charge >= 0.3 is 0 Å². The molecule has 3 rings (SSSR count). The Hall–Kier alpha value is -2.04. The lowest BCUT2D eigenvalue weighted by Gasteiger charge is -2.47. The monoisotopic (exact) mass is 446 g/mol. The van der Waals surface area contributed by atoms with Crippen molar-refractivity contribution in [1.82, 2.24) is 10.6 Å². The molecule has 2 aromatic carbocycles. The van der Waals surface area contributed by atoms with Gasteiger partial charge in [0.25, 0.3) is 11.8 Å². The Kier molecular flexibility index (Phi) is 6.78. The van der Waals surface area contributed by atoms with Gasteiger partial charge in [-0.2, -0.15) is 0 Å². The summed E-state index contributed by atoms with van der Waals surface area (Å²) < 4.78 is 0. The zero-order valence-corrected chi connectivity index (χ0v) is 19.1. The number of nitrogens with one attached hydrogen (secondary N) is 2. The van der Waals surface area contributed by atoms with Crippen molar-refractivity contribution in [3.8, 4) is 0 Å². The summed E-state index contributed by atoms with van der Waals surface area (Å²) in [6.45, 7) is 7.16. The van der Waals surface area contributed by atoms with Crippen LogP contribution in [0.5, 0.6) is 0 Å². The van der Waals surface area contributed by atoms with E-state index in [4.69, 9.17) is 23.2 Å². The van der Waals surface area contributed by atoms with Gasteiger partial charge in [0.1, 0.15) is 0 Å². The Morgan fingerprint density at radius 1 is 0.867 bits per heavy atom. The van der Waals surface area contributed by atoms with E-state index in [0.717, 1.165) is 19.3 Å². The minimum atomic E-state index is -0.123. The fraction of sp³-hybridized carbons (Fsp3) is 0.417. The van der Waals surface area contributed by atoms with Crippen LogP contribution < -0.4 is 10.6 Å². The molecule has 160 valence electrons. The van der Waals surface area contributed by atoms with Gasteiger partial charge in [-0.25, -0.2) is 0 Å². The van der Waals surface area contributed by atoms with Gasteiger partial charge in [-0.1, -0.05) is 44.0 Å². The van der Waals surface area contributed by atoms with Gasteiger partial charge < -0.3 is 10.6 Å². The van der Waals surface area contributed by atoms with Crippen LogP contribution in [0.2, 0.25) is 10.0 Å². The van der Waals surface area contributed by atoms with Crippen LogP contribution in [0.15, 0.2) is 48.5 Å². The highest BCUT2D eigenvalue weighted by molar-refractivity contribution is 6.31. The van der Waals surface area contributed by atoms with Crippen molar-refractivity contribution in [3.05, 3.63) is 69.7 Å². The molecule has 4 nitrogen and oxygen atoms in total. The summed E-state index contributed by atoms with van der Waals surface area (Å²) >= 11 is 11.8. The van der Waals surface area contributed by atoms with Crippen LogP contribution in [0, 0.1) is 10.8 Å². The predicted molar refractivity (Wildman–Crippen MR) is 122 cm³/mol. The van der Waals surface area contributed by atoms with E-state index in [1.54, 1.807) is 48.5 Å². The molecule has 1 aliphatic rings. The molecule has 0 aliphatic heterocycles. The first-order chi connectivity index (χ1) is 14.1. The van der Waals surface area contributed by atoms with E-state index >= 15 is 0 Å². The van der Waals surface area contributed by atoms with E-state index < -0.39 is 0 Å². The number of hydrogen-bond donors (Lipinski definition) is 2. The van der Waals surface area contributed by atoms with Gasteiger partial charge in [-0.3, -0.25) is 9.59 Å². The van der Waals surface area contributed by atoms with Gasteiger partial charge in [-0.05, 0) is 78.6 Å². The fourth-order valence-electron chi connectivity index (χ4n) is 4.74. The molecule has 2 N–H and O–H groups in total. The maximum absolute atomic E-state index is 12.7.